The predicted octanol–water partition coefficient (Wildman–Crippen LogP) is 1.74. The van der Waals surface area contributed by atoms with Crippen molar-refractivity contribution in [2.24, 2.45) is 0 Å². The van der Waals surface area contributed by atoms with Gasteiger partial charge < -0.3 is 4.98 Å². The lowest BCUT2D eigenvalue weighted by atomic mass is 10.1. The van der Waals surface area contributed by atoms with E-state index in [1.807, 2.05) is 0 Å². The molecule has 0 spiro atoms. The van der Waals surface area contributed by atoms with E-state index in [-0.39, 0.29) is 17.7 Å². The normalized spacial score (nSPS) is 20.9. The zero-order valence-electron chi connectivity index (χ0n) is 9.37. The van der Waals surface area contributed by atoms with Crippen LogP contribution in [-0.2, 0) is 0 Å². The molecule has 0 radical (unpaired) electrons. The van der Waals surface area contributed by atoms with Crippen molar-refractivity contribution in [3.8, 4) is 0 Å². The number of halogens is 1. The van der Waals surface area contributed by atoms with E-state index in [1.165, 1.54) is 12.1 Å². The van der Waals surface area contributed by atoms with Crippen LogP contribution in [0.1, 0.15) is 25.4 Å². The van der Waals surface area contributed by atoms with Crippen LogP contribution in [0.25, 0.3) is 11.0 Å². The molecule has 4 nitrogen and oxygen atoms in total. The van der Waals surface area contributed by atoms with Crippen molar-refractivity contribution in [3.63, 3.8) is 0 Å². The minimum Gasteiger partial charge on any atom is -0.305 e. The van der Waals surface area contributed by atoms with Gasteiger partial charge in [0.15, 0.2) is 0 Å². The second-order valence-corrected chi connectivity index (χ2v) is 4.43. The fourth-order valence-corrected chi connectivity index (χ4v) is 2.46. The first kappa shape index (κ1) is 10.5. The van der Waals surface area contributed by atoms with Gasteiger partial charge in [0, 0.05) is 0 Å². The molecule has 0 aliphatic carbocycles. The average molecular weight is 235 g/mol. The first-order valence-electron chi connectivity index (χ1n) is 5.89. The maximum absolute atomic E-state index is 13.2. The van der Waals surface area contributed by atoms with Crippen molar-refractivity contribution >= 4 is 11.0 Å². The van der Waals surface area contributed by atoms with Crippen LogP contribution in [0.4, 0.5) is 4.39 Å². The van der Waals surface area contributed by atoms with Crippen LogP contribution < -0.4 is 11.0 Å². The van der Waals surface area contributed by atoms with Gasteiger partial charge in [0.25, 0.3) is 0 Å². The molecule has 1 aromatic heterocycles. The van der Waals surface area contributed by atoms with Crippen LogP contribution in [-0.4, -0.2) is 16.1 Å². The number of piperidine rings is 1. The number of nitrogens with zero attached hydrogens (tertiary/aromatic N) is 1. The number of fused-ring (bicyclic) bond motifs is 1. The summed E-state index contributed by atoms with van der Waals surface area (Å²) in [6.07, 6.45) is 3.10. The van der Waals surface area contributed by atoms with E-state index in [2.05, 4.69) is 10.3 Å². The van der Waals surface area contributed by atoms with Gasteiger partial charge in [-0.2, -0.15) is 0 Å². The fraction of sp³-hybridized carbons (Fsp3) is 0.417. The molecule has 1 aliphatic rings. The van der Waals surface area contributed by atoms with Gasteiger partial charge in [0.2, 0.25) is 0 Å². The summed E-state index contributed by atoms with van der Waals surface area (Å²) in [5, 5.41) is 3.29. The zero-order valence-corrected chi connectivity index (χ0v) is 9.37. The molecule has 0 amide bonds. The number of rotatable bonds is 1. The van der Waals surface area contributed by atoms with E-state index in [1.54, 1.807) is 10.6 Å². The number of aromatic amines is 1. The number of nitrogens with one attached hydrogen (secondary N) is 2. The minimum absolute atomic E-state index is 0.0215. The van der Waals surface area contributed by atoms with Crippen molar-refractivity contribution < 1.29 is 4.39 Å². The van der Waals surface area contributed by atoms with Crippen molar-refractivity contribution in [3.05, 3.63) is 34.5 Å². The summed E-state index contributed by atoms with van der Waals surface area (Å²) < 4.78 is 14.9. The van der Waals surface area contributed by atoms with E-state index in [0.717, 1.165) is 25.8 Å². The molecule has 5 heteroatoms. The molecule has 1 aliphatic heterocycles. The van der Waals surface area contributed by atoms with Crippen LogP contribution in [0.2, 0.25) is 0 Å². The SMILES string of the molecule is O=c1[nH]c2ccc(F)cc2n1C1CCCCN1. The highest BCUT2D eigenvalue weighted by Gasteiger charge is 2.19. The molecular formula is C12H14FN3O. The summed E-state index contributed by atoms with van der Waals surface area (Å²) in [6.45, 7) is 0.902. The average Bonchev–Trinajstić information content (AvgIpc) is 2.65. The van der Waals surface area contributed by atoms with Gasteiger partial charge in [-0.15, -0.1) is 0 Å². The first-order chi connectivity index (χ1) is 8.25. The maximum Gasteiger partial charge on any atom is 0.327 e. The smallest absolute Gasteiger partial charge is 0.305 e. The molecule has 17 heavy (non-hydrogen) atoms. The van der Waals surface area contributed by atoms with Crippen LogP contribution in [0.15, 0.2) is 23.0 Å². The van der Waals surface area contributed by atoms with Gasteiger partial charge in [-0.05, 0) is 44.0 Å². The number of hydrogen-bond donors (Lipinski definition) is 2. The predicted molar refractivity (Wildman–Crippen MR) is 63.4 cm³/mol. The second-order valence-electron chi connectivity index (χ2n) is 4.43. The summed E-state index contributed by atoms with van der Waals surface area (Å²) in [6, 6.07) is 4.37. The molecule has 1 saturated heterocycles. The number of imidazole rings is 1. The van der Waals surface area contributed by atoms with Gasteiger partial charge in [-0.1, -0.05) is 0 Å². The Balaban J connectivity index is 2.16. The quantitative estimate of drug-likeness (QED) is 0.791. The Morgan fingerprint density at radius 1 is 1.35 bits per heavy atom. The van der Waals surface area contributed by atoms with Crippen LogP contribution >= 0.6 is 0 Å². The molecule has 3 rings (SSSR count). The molecule has 1 aromatic carbocycles. The topological polar surface area (TPSA) is 49.8 Å². The third-order valence-electron chi connectivity index (χ3n) is 3.28. The monoisotopic (exact) mass is 235 g/mol. The summed E-state index contributed by atoms with van der Waals surface area (Å²) in [7, 11) is 0. The molecule has 1 unspecified atom stereocenters. The molecular weight excluding hydrogens is 221 g/mol. The van der Waals surface area contributed by atoms with E-state index < -0.39 is 0 Å². The van der Waals surface area contributed by atoms with Crippen molar-refractivity contribution in [2.75, 3.05) is 6.54 Å². The Hall–Kier alpha value is -1.62. The van der Waals surface area contributed by atoms with Gasteiger partial charge in [-0.3, -0.25) is 9.88 Å². The van der Waals surface area contributed by atoms with Crippen molar-refractivity contribution in [1.29, 1.82) is 0 Å². The maximum atomic E-state index is 13.2. The van der Waals surface area contributed by atoms with Crippen LogP contribution in [0.3, 0.4) is 0 Å². The largest absolute Gasteiger partial charge is 0.327 e. The summed E-state index contributed by atoms with van der Waals surface area (Å²) >= 11 is 0. The standard InChI is InChI=1S/C12H14FN3O/c13-8-4-5-9-10(7-8)16(12(17)15-9)11-3-1-2-6-14-11/h4-5,7,11,14H,1-3,6H2,(H,15,17). The Labute approximate surface area is 97.4 Å². The molecule has 2 N–H and O–H groups in total. The third kappa shape index (κ3) is 1.76. The van der Waals surface area contributed by atoms with Crippen LogP contribution in [0, 0.1) is 5.82 Å². The molecule has 0 bridgehead atoms. The number of H-pyrrole nitrogens is 1. The van der Waals surface area contributed by atoms with E-state index >= 15 is 0 Å². The zero-order chi connectivity index (χ0) is 11.8. The third-order valence-corrected chi connectivity index (χ3v) is 3.28. The highest BCUT2D eigenvalue weighted by Crippen LogP contribution is 2.20. The van der Waals surface area contributed by atoms with Crippen molar-refractivity contribution in [2.45, 2.75) is 25.4 Å². The molecule has 2 heterocycles. The Bertz CT molecular complexity index is 595. The minimum atomic E-state index is -0.318. The van der Waals surface area contributed by atoms with Gasteiger partial charge in [-0.25, -0.2) is 9.18 Å². The number of benzene rings is 1. The Kier molecular flexibility index (Phi) is 2.48. The Morgan fingerprint density at radius 3 is 3.00 bits per heavy atom. The number of hydrogen-bond acceptors (Lipinski definition) is 2. The summed E-state index contributed by atoms with van der Waals surface area (Å²) in [5.41, 5.74) is 1.14. The molecule has 90 valence electrons. The van der Waals surface area contributed by atoms with Crippen LogP contribution in [0.5, 0.6) is 0 Å². The second kappa shape index (κ2) is 4.00. The molecule has 1 atom stereocenters. The highest BCUT2D eigenvalue weighted by molar-refractivity contribution is 5.75. The van der Waals surface area contributed by atoms with Crippen molar-refractivity contribution in [1.82, 2.24) is 14.9 Å². The van der Waals surface area contributed by atoms with Gasteiger partial charge in [0.1, 0.15) is 5.82 Å². The lowest BCUT2D eigenvalue weighted by Crippen LogP contribution is -2.36. The molecule has 1 fully saturated rings. The molecule has 2 aromatic rings. The fourth-order valence-electron chi connectivity index (χ4n) is 2.46. The molecule has 0 saturated carbocycles. The highest BCUT2D eigenvalue weighted by atomic mass is 19.1. The summed E-state index contributed by atoms with van der Waals surface area (Å²) in [5.74, 6) is -0.318. The van der Waals surface area contributed by atoms with E-state index in [4.69, 9.17) is 0 Å². The lowest BCUT2D eigenvalue weighted by Gasteiger charge is -2.24. The lowest BCUT2D eigenvalue weighted by molar-refractivity contribution is 0.321. The van der Waals surface area contributed by atoms with E-state index in [0.29, 0.717) is 11.0 Å². The van der Waals surface area contributed by atoms with Gasteiger partial charge >= 0.3 is 5.69 Å². The summed E-state index contributed by atoms with van der Waals surface area (Å²) in [4.78, 5) is 14.6. The van der Waals surface area contributed by atoms with Gasteiger partial charge in [0.05, 0.1) is 17.2 Å². The Morgan fingerprint density at radius 2 is 2.24 bits per heavy atom. The first-order valence-corrected chi connectivity index (χ1v) is 5.89. The number of aromatic nitrogens is 2. The van der Waals surface area contributed by atoms with E-state index in [9.17, 15) is 9.18 Å².